The molecule has 0 aliphatic heterocycles. The summed E-state index contributed by atoms with van der Waals surface area (Å²) in [6.45, 7) is 0. The van der Waals surface area contributed by atoms with Gasteiger partial charge in [-0.15, -0.1) is 0 Å². The van der Waals surface area contributed by atoms with Gasteiger partial charge in [0.2, 0.25) is 0 Å². The first kappa shape index (κ1) is 11.4. The molecule has 0 aromatic heterocycles. The highest BCUT2D eigenvalue weighted by Gasteiger charge is 2.09. The Morgan fingerprint density at radius 2 is 1.35 bits per heavy atom. The van der Waals surface area contributed by atoms with Gasteiger partial charge < -0.3 is 0 Å². The minimum atomic E-state index is -0.546. The average Bonchev–Trinajstić information content (AvgIpc) is 2.46. The van der Waals surface area contributed by atoms with E-state index in [9.17, 15) is 8.78 Å². The van der Waals surface area contributed by atoms with E-state index in [0.29, 0.717) is 10.8 Å². The maximum Gasteiger partial charge on any atom is 0.134 e. The maximum absolute atomic E-state index is 14.1. The van der Waals surface area contributed by atoms with E-state index < -0.39 is 11.6 Å². The second-order valence-electron chi connectivity index (χ2n) is 4.93. The Balaban J connectivity index is 2.29. The highest BCUT2D eigenvalue weighted by atomic mass is 19.1. The first-order valence-corrected chi connectivity index (χ1v) is 6.43. The number of fused-ring (bicyclic) bond motifs is 5. The van der Waals surface area contributed by atoms with Crippen LogP contribution in [0.1, 0.15) is 0 Å². The van der Waals surface area contributed by atoms with E-state index in [0.717, 1.165) is 27.6 Å². The molecule has 4 aromatic carbocycles. The monoisotopic (exact) mass is 264 g/mol. The third-order valence-corrected chi connectivity index (χ3v) is 3.76. The van der Waals surface area contributed by atoms with Gasteiger partial charge in [0.25, 0.3) is 0 Å². The summed E-state index contributed by atoms with van der Waals surface area (Å²) in [7, 11) is 0. The van der Waals surface area contributed by atoms with E-state index in [1.54, 1.807) is 6.07 Å². The van der Waals surface area contributed by atoms with Crippen molar-refractivity contribution in [3.8, 4) is 0 Å². The molecule has 20 heavy (non-hydrogen) atoms. The summed E-state index contributed by atoms with van der Waals surface area (Å²) in [5, 5.41) is 5.07. The highest BCUT2D eigenvalue weighted by Crippen LogP contribution is 2.32. The maximum atomic E-state index is 14.1. The first-order valence-electron chi connectivity index (χ1n) is 6.43. The van der Waals surface area contributed by atoms with E-state index in [1.165, 1.54) is 6.07 Å². The Bertz CT molecular complexity index is 971. The second-order valence-corrected chi connectivity index (χ2v) is 4.93. The normalized spacial score (nSPS) is 11.5. The summed E-state index contributed by atoms with van der Waals surface area (Å²) < 4.78 is 27.4. The predicted octanol–water partition coefficient (Wildman–Crippen LogP) is 5.42. The topological polar surface area (TPSA) is 0 Å². The molecule has 2 heteroatoms. The Hall–Kier alpha value is -2.48. The van der Waals surface area contributed by atoms with E-state index >= 15 is 0 Å². The Kier molecular flexibility index (Phi) is 2.27. The van der Waals surface area contributed by atoms with Gasteiger partial charge in [-0.25, -0.2) is 8.78 Å². The quantitative estimate of drug-likeness (QED) is 0.372. The Labute approximate surface area is 114 Å². The lowest BCUT2D eigenvalue weighted by atomic mass is 9.97. The minimum Gasteiger partial charge on any atom is -0.207 e. The molecular formula is C18H10F2. The summed E-state index contributed by atoms with van der Waals surface area (Å²) in [4.78, 5) is 0. The zero-order valence-corrected chi connectivity index (χ0v) is 10.5. The molecule has 0 spiro atoms. The summed E-state index contributed by atoms with van der Waals surface area (Å²) in [6.07, 6.45) is 0. The van der Waals surface area contributed by atoms with E-state index in [1.807, 2.05) is 42.5 Å². The molecule has 0 atom stereocenters. The van der Waals surface area contributed by atoms with Crippen LogP contribution in [-0.2, 0) is 0 Å². The summed E-state index contributed by atoms with van der Waals surface area (Å²) in [6, 6.07) is 17.9. The van der Waals surface area contributed by atoms with Crippen LogP contribution in [-0.4, -0.2) is 0 Å². The van der Waals surface area contributed by atoms with Gasteiger partial charge in [-0.1, -0.05) is 48.5 Å². The van der Waals surface area contributed by atoms with Crippen LogP contribution in [0.3, 0.4) is 0 Å². The average molecular weight is 264 g/mol. The number of hydrogen-bond donors (Lipinski definition) is 0. The molecule has 0 saturated heterocycles. The zero-order chi connectivity index (χ0) is 13.7. The third kappa shape index (κ3) is 1.51. The van der Waals surface area contributed by atoms with Crippen molar-refractivity contribution >= 4 is 32.3 Å². The van der Waals surface area contributed by atoms with Gasteiger partial charge in [0.1, 0.15) is 11.6 Å². The lowest BCUT2D eigenvalue weighted by Crippen LogP contribution is -1.86. The van der Waals surface area contributed by atoms with E-state index in [4.69, 9.17) is 0 Å². The van der Waals surface area contributed by atoms with E-state index in [-0.39, 0.29) is 0 Å². The second kappa shape index (κ2) is 4.01. The fraction of sp³-hybridized carbons (Fsp3) is 0. The largest absolute Gasteiger partial charge is 0.207 e. The van der Waals surface area contributed by atoms with Crippen molar-refractivity contribution in [2.24, 2.45) is 0 Å². The van der Waals surface area contributed by atoms with Crippen molar-refractivity contribution in [2.75, 3.05) is 0 Å². The zero-order valence-electron chi connectivity index (χ0n) is 10.5. The smallest absolute Gasteiger partial charge is 0.134 e. The summed E-state index contributed by atoms with van der Waals surface area (Å²) in [5.41, 5.74) is 0. The summed E-state index contributed by atoms with van der Waals surface area (Å²) in [5.74, 6) is -1.06. The third-order valence-electron chi connectivity index (χ3n) is 3.76. The van der Waals surface area contributed by atoms with Crippen LogP contribution in [0.5, 0.6) is 0 Å². The highest BCUT2D eigenvalue weighted by molar-refractivity contribution is 6.17. The molecule has 0 nitrogen and oxygen atoms in total. The molecular weight excluding hydrogens is 254 g/mol. The lowest BCUT2D eigenvalue weighted by Gasteiger charge is -2.08. The van der Waals surface area contributed by atoms with Gasteiger partial charge in [-0.2, -0.15) is 0 Å². The molecule has 4 aromatic rings. The Morgan fingerprint density at radius 3 is 2.25 bits per heavy atom. The van der Waals surface area contributed by atoms with Gasteiger partial charge in [0, 0.05) is 11.5 Å². The Morgan fingerprint density at radius 1 is 0.600 bits per heavy atom. The number of benzene rings is 4. The SMILES string of the molecule is Fc1cc(F)c2c(ccc3c4ccccc4ccc32)c1. The van der Waals surface area contributed by atoms with Crippen LogP contribution in [0, 0.1) is 11.6 Å². The van der Waals surface area contributed by atoms with Crippen LogP contribution in [0.15, 0.2) is 60.7 Å². The molecule has 0 saturated carbocycles. The van der Waals surface area contributed by atoms with Crippen LogP contribution in [0.25, 0.3) is 32.3 Å². The molecule has 0 bridgehead atoms. The van der Waals surface area contributed by atoms with E-state index in [2.05, 4.69) is 0 Å². The van der Waals surface area contributed by atoms with Gasteiger partial charge in [0.15, 0.2) is 0 Å². The van der Waals surface area contributed by atoms with Crippen molar-refractivity contribution in [3.05, 3.63) is 72.3 Å². The van der Waals surface area contributed by atoms with Gasteiger partial charge in [0.05, 0.1) is 0 Å². The fourth-order valence-electron chi connectivity index (χ4n) is 2.88. The molecule has 0 N–H and O–H groups in total. The molecule has 0 radical (unpaired) electrons. The van der Waals surface area contributed by atoms with Gasteiger partial charge in [-0.3, -0.25) is 0 Å². The number of hydrogen-bond acceptors (Lipinski definition) is 0. The van der Waals surface area contributed by atoms with Gasteiger partial charge in [-0.05, 0) is 33.0 Å². The molecule has 0 aliphatic carbocycles. The minimum absolute atomic E-state index is 0.481. The standard InChI is InChI=1S/C18H10F2/c19-13-9-12-6-7-15-14-4-2-1-3-11(14)5-8-16(15)18(12)17(20)10-13/h1-10H. The van der Waals surface area contributed by atoms with Crippen molar-refractivity contribution in [3.63, 3.8) is 0 Å². The lowest BCUT2D eigenvalue weighted by molar-refractivity contribution is 0.592. The number of rotatable bonds is 0. The molecule has 96 valence electrons. The molecule has 0 aliphatic rings. The molecule has 0 unspecified atom stereocenters. The molecule has 0 heterocycles. The summed E-state index contributed by atoms with van der Waals surface area (Å²) >= 11 is 0. The molecule has 4 rings (SSSR count). The van der Waals surface area contributed by atoms with Gasteiger partial charge >= 0.3 is 0 Å². The first-order chi connectivity index (χ1) is 9.74. The van der Waals surface area contributed by atoms with Crippen LogP contribution >= 0.6 is 0 Å². The van der Waals surface area contributed by atoms with Crippen LogP contribution in [0.4, 0.5) is 8.78 Å². The van der Waals surface area contributed by atoms with Crippen molar-refractivity contribution < 1.29 is 8.78 Å². The van der Waals surface area contributed by atoms with Crippen molar-refractivity contribution in [1.29, 1.82) is 0 Å². The number of halogens is 2. The molecule has 0 amide bonds. The predicted molar refractivity (Wildman–Crippen MR) is 78.9 cm³/mol. The van der Waals surface area contributed by atoms with Crippen LogP contribution < -0.4 is 0 Å². The van der Waals surface area contributed by atoms with Crippen LogP contribution in [0.2, 0.25) is 0 Å². The van der Waals surface area contributed by atoms with Crippen molar-refractivity contribution in [1.82, 2.24) is 0 Å². The molecule has 0 fully saturated rings. The fourth-order valence-corrected chi connectivity index (χ4v) is 2.88. The van der Waals surface area contributed by atoms with Crippen molar-refractivity contribution in [2.45, 2.75) is 0 Å².